The molecule has 90 valence electrons. The maximum Gasteiger partial charge on any atom is 0.283 e. The molecule has 1 aromatic carbocycles. The van der Waals surface area contributed by atoms with Gasteiger partial charge in [-0.15, -0.1) is 0 Å². The minimum atomic E-state index is -0.235. The molecule has 0 aliphatic rings. The van der Waals surface area contributed by atoms with Crippen LogP contribution < -0.4 is 5.73 Å². The van der Waals surface area contributed by atoms with E-state index in [4.69, 9.17) is 5.73 Å². The van der Waals surface area contributed by atoms with Gasteiger partial charge in [0, 0.05) is 13.2 Å². The number of benzene rings is 1. The minimum Gasteiger partial charge on any atom is -0.369 e. The largest absolute Gasteiger partial charge is 0.369 e. The van der Waals surface area contributed by atoms with Crippen molar-refractivity contribution >= 4 is 22.9 Å². The van der Waals surface area contributed by atoms with Crippen LogP contribution in [0.15, 0.2) is 36.5 Å². The number of anilines is 1. The average molecular weight is 241 g/mol. The fourth-order valence-corrected chi connectivity index (χ4v) is 1.96. The molecule has 0 aliphatic carbocycles. The van der Waals surface area contributed by atoms with Gasteiger partial charge in [-0.1, -0.05) is 12.1 Å². The summed E-state index contributed by atoms with van der Waals surface area (Å²) < 4.78 is 2.91. The number of hydrogen-bond acceptors (Lipinski definition) is 4. The Morgan fingerprint density at radius 3 is 2.78 bits per heavy atom. The van der Waals surface area contributed by atoms with Crippen molar-refractivity contribution in [1.82, 2.24) is 19.3 Å². The van der Waals surface area contributed by atoms with E-state index in [0.717, 1.165) is 0 Å². The lowest BCUT2D eigenvalue weighted by Gasteiger charge is -2.04. The molecule has 2 N–H and O–H groups in total. The number of para-hydroxylation sites is 2. The Labute approximate surface area is 103 Å². The second kappa shape index (κ2) is 3.69. The van der Waals surface area contributed by atoms with Crippen molar-refractivity contribution in [3.05, 3.63) is 42.2 Å². The molecule has 2 aromatic heterocycles. The summed E-state index contributed by atoms with van der Waals surface area (Å²) in [5, 5.41) is 3.98. The summed E-state index contributed by atoms with van der Waals surface area (Å²) in [6, 6.07) is 8.98. The maximum atomic E-state index is 12.4. The van der Waals surface area contributed by atoms with E-state index >= 15 is 0 Å². The Morgan fingerprint density at radius 1 is 1.28 bits per heavy atom. The number of nitrogens with zero attached hydrogens (tertiary/aromatic N) is 4. The van der Waals surface area contributed by atoms with Gasteiger partial charge in [0.05, 0.1) is 11.0 Å². The van der Waals surface area contributed by atoms with Crippen molar-refractivity contribution in [2.45, 2.75) is 0 Å². The van der Waals surface area contributed by atoms with Crippen molar-refractivity contribution in [2.75, 3.05) is 5.73 Å². The normalized spacial score (nSPS) is 10.9. The molecule has 3 aromatic rings. The van der Waals surface area contributed by atoms with Gasteiger partial charge in [0.15, 0.2) is 0 Å². The predicted octanol–water partition coefficient (Wildman–Crippen LogP) is 1.04. The van der Waals surface area contributed by atoms with Gasteiger partial charge in [-0.25, -0.2) is 9.55 Å². The number of nitrogen functional groups attached to an aromatic ring is 1. The molecule has 0 spiro atoms. The van der Waals surface area contributed by atoms with Crippen molar-refractivity contribution in [2.24, 2.45) is 7.05 Å². The molecule has 3 rings (SSSR count). The van der Waals surface area contributed by atoms with E-state index in [0.29, 0.717) is 16.7 Å². The zero-order valence-electron chi connectivity index (χ0n) is 9.74. The first-order valence-corrected chi connectivity index (χ1v) is 5.44. The van der Waals surface area contributed by atoms with E-state index in [-0.39, 0.29) is 11.9 Å². The van der Waals surface area contributed by atoms with Crippen LogP contribution in [-0.2, 0) is 7.05 Å². The molecule has 0 fully saturated rings. The first-order chi connectivity index (χ1) is 8.68. The van der Waals surface area contributed by atoms with Crippen LogP contribution in [0.4, 0.5) is 5.95 Å². The van der Waals surface area contributed by atoms with Gasteiger partial charge in [0.1, 0.15) is 5.69 Å². The smallest absolute Gasteiger partial charge is 0.283 e. The molecule has 6 nitrogen and oxygen atoms in total. The highest BCUT2D eigenvalue weighted by atomic mass is 16.2. The molecule has 2 heterocycles. The van der Waals surface area contributed by atoms with Crippen LogP contribution in [0.3, 0.4) is 0 Å². The van der Waals surface area contributed by atoms with Gasteiger partial charge < -0.3 is 5.73 Å². The van der Waals surface area contributed by atoms with Crippen molar-refractivity contribution in [3.8, 4) is 0 Å². The van der Waals surface area contributed by atoms with Crippen LogP contribution in [0.1, 0.15) is 10.5 Å². The standard InChI is InChI=1S/C12H11N5O/c1-16-10(6-7-14-16)11(18)17-9-5-3-2-4-8(9)15-12(17)13/h2-7H,1H3,(H2,13,15). The zero-order valence-corrected chi connectivity index (χ0v) is 9.74. The molecule has 0 unspecified atom stereocenters. The third-order valence-electron chi connectivity index (χ3n) is 2.83. The predicted molar refractivity (Wildman–Crippen MR) is 67.1 cm³/mol. The number of carbonyl (C=O) groups is 1. The second-order valence-corrected chi connectivity index (χ2v) is 3.94. The van der Waals surface area contributed by atoms with Gasteiger partial charge in [-0.05, 0) is 18.2 Å². The number of fused-ring (bicyclic) bond motifs is 1. The summed E-state index contributed by atoms with van der Waals surface area (Å²) in [4.78, 5) is 16.6. The number of carbonyl (C=O) groups excluding carboxylic acids is 1. The number of aromatic nitrogens is 4. The highest BCUT2D eigenvalue weighted by Gasteiger charge is 2.18. The molecule has 18 heavy (non-hydrogen) atoms. The quantitative estimate of drug-likeness (QED) is 0.690. The first-order valence-electron chi connectivity index (χ1n) is 5.44. The molecule has 0 atom stereocenters. The highest BCUT2D eigenvalue weighted by Crippen LogP contribution is 2.18. The van der Waals surface area contributed by atoms with Gasteiger partial charge in [0.25, 0.3) is 5.91 Å². The summed E-state index contributed by atoms with van der Waals surface area (Å²) in [6.45, 7) is 0. The Balaban J connectivity index is 2.23. The molecular formula is C12H11N5O. The summed E-state index contributed by atoms with van der Waals surface area (Å²) in [5.41, 5.74) is 7.67. The Kier molecular flexibility index (Phi) is 2.16. The van der Waals surface area contributed by atoms with E-state index < -0.39 is 0 Å². The van der Waals surface area contributed by atoms with Crippen LogP contribution in [0, 0.1) is 0 Å². The van der Waals surface area contributed by atoms with Crippen LogP contribution in [0.5, 0.6) is 0 Å². The zero-order chi connectivity index (χ0) is 12.7. The molecular weight excluding hydrogens is 230 g/mol. The lowest BCUT2D eigenvalue weighted by molar-refractivity contribution is 0.0957. The SMILES string of the molecule is Cn1nccc1C(=O)n1c(N)nc2ccccc21. The number of imidazole rings is 1. The van der Waals surface area contributed by atoms with Crippen molar-refractivity contribution in [3.63, 3.8) is 0 Å². The maximum absolute atomic E-state index is 12.4. The number of nitrogens with two attached hydrogens (primary N) is 1. The molecule has 0 aliphatic heterocycles. The third kappa shape index (κ3) is 1.39. The van der Waals surface area contributed by atoms with Crippen molar-refractivity contribution in [1.29, 1.82) is 0 Å². The molecule has 0 radical (unpaired) electrons. The number of hydrogen-bond donors (Lipinski definition) is 1. The first kappa shape index (κ1) is 10.5. The fraction of sp³-hybridized carbons (Fsp3) is 0.0833. The second-order valence-electron chi connectivity index (χ2n) is 3.94. The molecule has 0 bridgehead atoms. The molecule has 0 amide bonds. The lowest BCUT2D eigenvalue weighted by atomic mass is 10.3. The fourth-order valence-electron chi connectivity index (χ4n) is 1.96. The Bertz CT molecular complexity index is 740. The van der Waals surface area contributed by atoms with Crippen LogP contribution >= 0.6 is 0 Å². The molecule has 6 heteroatoms. The van der Waals surface area contributed by atoms with Gasteiger partial charge >= 0.3 is 0 Å². The van der Waals surface area contributed by atoms with Gasteiger partial charge in [-0.2, -0.15) is 5.10 Å². The molecule has 0 saturated carbocycles. The summed E-state index contributed by atoms with van der Waals surface area (Å²) in [6.07, 6.45) is 1.57. The highest BCUT2D eigenvalue weighted by molar-refractivity contribution is 6.02. The van der Waals surface area contributed by atoms with E-state index in [9.17, 15) is 4.79 Å². The minimum absolute atomic E-state index is 0.183. The third-order valence-corrected chi connectivity index (χ3v) is 2.83. The van der Waals surface area contributed by atoms with E-state index in [2.05, 4.69) is 10.1 Å². The van der Waals surface area contributed by atoms with Gasteiger partial charge in [0.2, 0.25) is 5.95 Å². The Morgan fingerprint density at radius 2 is 2.06 bits per heavy atom. The monoisotopic (exact) mass is 241 g/mol. The van der Waals surface area contributed by atoms with E-state index in [1.807, 2.05) is 24.3 Å². The lowest BCUT2D eigenvalue weighted by Crippen LogP contribution is -2.18. The number of aryl methyl sites for hydroxylation is 1. The van der Waals surface area contributed by atoms with Crippen molar-refractivity contribution < 1.29 is 4.79 Å². The number of rotatable bonds is 1. The van der Waals surface area contributed by atoms with Crippen LogP contribution in [0.25, 0.3) is 11.0 Å². The van der Waals surface area contributed by atoms with Gasteiger partial charge in [-0.3, -0.25) is 9.48 Å². The summed E-state index contributed by atoms with van der Waals surface area (Å²) in [7, 11) is 1.71. The Hall–Kier alpha value is -2.63. The summed E-state index contributed by atoms with van der Waals surface area (Å²) in [5.74, 6) is -0.0522. The molecule has 0 saturated heterocycles. The summed E-state index contributed by atoms with van der Waals surface area (Å²) >= 11 is 0. The van der Waals surface area contributed by atoms with Crippen LogP contribution in [0.2, 0.25) is 0 Å². The van der Waals surface area contributed by atoms with E-state index in [1.165, 1.54) is 9.25 Å². The topological polar surface area (TPSA) is 78.7 Å². The van der Waals surface area contributed by atoms with E-state index in [1.54, 1.807) is 19.3 Å². The average Bonchev–Trinajstić information content (AvgIpc) is 2.91. The van der Waals surface area contributed by atoms with Crippen LogP contribution in [-0.4, -0.2) is 25.2 Å².